The Balaban J connectivity index is 2.93. The van der Waals surface area contributed by atoms with Crippen molar-refractivity contribution in [2.75, 3.05) is 5.43 Å². The van der Waals surface area contributed by atoms with Crippen LogP contribution in [0.25, 0.3) is 0 Å². The van der Waals surface area contributed by atoms with Gasteiger partial charge in [0.2, 0.25) is 0 Å². The average Bonchev–Trinajstić information content (AvgIpc) is 2.17. The number of hydrogen-bond acceptors (Lipinski definition) is 4. The molecule has 5 heteroatoms. The maximum absolute atomic E-state index is 11.0. The number of hydrazine groups is 2. The van der Waals surface area contributed by atoms with E-state index in [1.807, 2.05) is 5.43 Å². The number of amides is 1. The summed E-state index contributed by atoms with van der Waals surface area (Å²) in [6.45, 7) is 0. The average molecular weight is 166 g/mol. The molecular weight excluding hydrogens is 156 g/mol. The molecule has 0 aliphatic heterocycles. The van der Waals surface area contributed by atoms with Crippen molar-refractivity contribution in [3.05, 3.63) is 29.8 Å². The summed E-state index contributed by atoms with van der Waals surface area (Å²) in [4.78, 5) is 11.0. The summed E-state index contributed by atoms with van der Waals surface area (Å²) in [7, 11) is 0. The first-order valence-electron chi connectivity index (χ1n) is 3.35. The van der Waals surface area contributed by atoms with Crippen molar-refractivity contribution in [2.24, 2.45) is 11.7 Å². The number of rotatable bonds is 2. The zero-order valence-electron chi connectivity index (χ0n) is 6.37. The van der Waals surface area contributed by atoms with Crippen molar-refractivity contribution in [3.8, 4) is 0 Å². The molecule has 0 unspecified atom stereocenters. The summed E-state index contributed by atoms with van der Waals surface area (Å²) in [6.07, 6.45) is 0. The summed E-state index contributed by atoms with van der Waals surface area (Å²) >= 11 is 0. The molecule has 0 atom stereocenters. The van der Waals surface area contributed by atoms with E-state index in [9.17, 15) is 4.79 Å². The van der Waals surface area contributed by atoms with Gasteiger partial charge in [-0.15, -0.1) is 0 Å². The normalized spacial score (nSPS) is 9.17. The molecule has 0 radical (unpaired) electrons. The number of carbonyl (C=O) groups is 1. The molecule has 0 saturated carbocycles. The molecule has 0 bridgehead atoms. The second-order valence-corrected chi connectivity index (χ2v) is 2.20. The molecule has 0 aliphatic rings. The second kappa shape index (κ2) is 3.70. The minimum Gasteiger partial charge on any atom is -0.324 e. The van der Waals surface area contributed by atoms with E-state index in [4.69, 9.17) is 11.7 Å². The lowest BCUT2D eigenvalue weighted by Gasteiger charge is -2.02. The monoisotopic (exact) mass is 166 g/mol. The molecule has 0 heterocycles. The van der Waals surface area contributed by atoms with Gasteiger partial charge in [-0.25, -0.2) is 5.84 Å². The zero-order valence-corrected chi connectivity index (χ0v) is 6.37. The summed E-state index contributed by atoms with van der Waals surface area (Å²) in [5.41, 5.74) is 5.58. The van der Waals surface area contributed by atoms with Crippen molar-refractivity contribution in [1.29, 1.82) is 0 Å². The van der Waals surface area contributed by atoms with Crippen LogP contribution in [0.3, 0.4) is 0 Å². The van der Waals surface area contributed by atoms with Crippen LogP contribution in [0.1, 0.15) is 10.4 Å². The molecular formula is C7H10N4O. The first-order chi connectivity index (χ1) is 5.77. The van der Waals surface area contributed by atoms with Crippen molar-refractivity contribution in [2.45, 2.75) is 0 Å². The van der Waals surface area contributed by atoms with Crippen LogP contribution in [0.4, 0.5) is 5.69 Å². The Morgan fingerprint density at radius 3 is 2.67 bits per heavy atom. The molecule has 12 heavy (non-hydrogen) atoms. The molecule has 5 nitrogen and oxygen atoms in total. The van der Waals surface area contributed by atoms with E-state index < -0.39 is 0 Å². The minimum absolute atomic E-state index is 0.341. The maximum atomic E-state index is 11.0. The summed E-state index contributed by atoms with van der Waals surface area (Å²) in [6, 6.07) is 6.69. The highest BCUT2D eigenvalue weighted by Gasteiger charge is 2.02. The van der Waals surface area contributed by atoms with Gasteiger partial charge in [-0.05, 0) is 18.2 Å². The topological polar surface area (TPSA) is 93.2 Å². The predicted molar refractivity (Wildman–Crippen MR) is 45.9 cm³/mol. The number of carbonyl (C=O) groups excluding carboxylic acids is 1. The minimum atomic E-state index is -0.341. The Morgan fingerprint density at radius 1 is 1.33 bits per heavy atom. The van der Waals surface area contributed by atoms with Crippen molar-refractivity contribution in [3.63, 3.8) is 0 Å². The second-order valence-electron chi connectivity index (χ2n) is 2.20. The number of anilines is 1. The predicted octanol–water partition coefficient (Wildman–Crippen LogP) is -0.424. The molecule has 0 saturated heterocycles. The molecule has 1 amide bonds. The molecule has 0 aliphatic carbocycles. The van der Waals surface area contributed by atoms with Crippen LogP contribution < -0.4 is 22.5 Å². The van der Waals surface area contributed by atoms with Gasteiger partial charge >= 0.3 is 0 Å². The lowest BCUT2D eigenvalue weighted by atomic mass is 10.2. The fraction of sp³-hybridized carbons (Fsp3) is 0. The lowest BCUT2D eigenvalue weighted by Crippen LogP contribution is -2.30. The number of benzene rings is 1. The quantitative estimate of drug-likeness (QED) is 0.272. The van der Waals surface area contributed by atoms with Crippen LogP contribution in [-0.2, 0) is 0 Å². The number of nitrogens with one attached hydrogen (secondary N) is 2. The van der Waals surface area contributed by atoms with E-state index in [0.717, 1.165) is 0 Å². The largest absolute Gasteiger partial charge is 0.324 e. The van der Waals surface area contributed by atoms with Gasteiger partial charge in [-0.2, -0.15) is 0 Å². The Kier molecular flexibility index (Phi) is 2.62. The van der Waals surface area contributed by atoms with Gasteiger partial charge in [0.1, 0.15) is 0 Å². The molecule has 0 spiro atoms. The van der Waals surface area contributed by atoms with Crippen LogP contribution in [-0.4, -0.2) is 5.91 Å². The number of nitrogens with two attached hydrogens (primary N) is 2. The third-order valence-electron chi connectivity index (χ3n) is 1.42. The molecule has 1 aromatic rings. The Labute approximate surface area is 69.7 Å². The van der Waals surface area contributed by atoms with Crippen LogP contribution in [0.5, 0.6) is 0 Å². The molecule has 1 rings (SSSR count). The standard InChI is InChI=1S/C7H10N4O/c8-10-6-3-1-2-5(4-6)7(12)11-9/h1-4,10H,8-9H2,(H,11,12). The number of hydrogen-bond donors (Lipinski definition) is 4. The Hall–Kier alpha value is -1.59. The Morgan fingerprint density at radius 2 is 2.08 bits per heavy atom. The van der Waals surface area contributed by atoms with Gasteiger partial charge in [0.25, 0.3) is 5.91 Å². The van der Waals surface area contributed by atoms with Crippen molar-refractivity contribution in [1.82, 2.24) is 5.43 Å². The van der Waals surface area contributed by atoms with Gasteiger partial charge in [0.05, 0.1) is 0 Å². The molecule has 1 aromatic carbocycles. The van der Waals surface area contributed by atoms with E-state index >= 15 is 0 Å². The van der Waals surface area contributed by atoms with Gasteiger partial charge < -0.3 is 5.43 Å². The SMILES string of the molecule is NNC(=O)c1cccc(NN)c1. The van der Waals surface area contributed by atoms with Crippen molar-refractivity contribution < 1.29 is 4.79 Å². The fourth-order valence-electron chi connectivity index (χ4n) is 0.834. The third-order valence-corrected chi connectivity index (χ3v) is 1.42. The van der Waals surface area contributed by atoms with Gasteiger partial charge in [-0.3, -0.25) is 16.1 Å². The summed E-state index contributed by atoms with van der Waals surface area (Å²) in [5, 5.41) is 0. The van der Waals surface area contributed by atoms with Crippen molar-refractivity contribution >= 4 is 11.6 Å². The first-order valence-corrected chi connectivity index (χ1v) is 3.35. The maximum Gasteiger partial charge on any atom is 0.265 e. The van der Waals surface area contributed by atoms with Gasteiger partial charge in [0, 0.05) is 11.3 Å². The molecule has 0 aromatic heterocycles. The fourth-order valence-corrected chi connectivity index (χ4v) is 0.834. The van der Waals surface area contributed by atoms with Crippen LogP contribution in [0.2, 0.25) is 0 Å². The number of nitrogen functional groups attached to an aromatic ring is 2. The van der Waals surface area contributed by atoms with E-state index in [0.29, 0.717) is 11.3 Å². The lowest BCUT2D eigenvalue weighted by molar-refractivity contribution is 0.0953. The Bertz CT molecular complexity index is 286. The van der Waals surface area contributed by atoms with Crippen LogP contribution >= 0.6 is 0 Å². The first kappa shape index (κ1) is 8.51. The summed E-state index contributed by atoms with van der Waals surface area (Å²) < 4.78 is 0. The third kappa shape index (κ3) is 1.71. The highest BCUT2D eigenvalue weighted by Crippen LogP contribution is 2.08. The summed E-state index contributed by atoms with van der Waals surface area (Å²) in [5.74, 6) is 9.75. The van der Waals surface area contributed by atoms with Crippen LogP contribution in [0.15, 0.2) is 24.3 Å². The van der Waals surface area contributed by atoms with E-state index in [1.54, 1.807) is 24.3 Å². The highest BCUT2D eigenvalue weighted by molar-refractivity contribution is 5.94. The van der Waals surface area contributed by atoms with E-state index in [2.05, 4.69) is 5.43 Å². The molecule has 64 valence electrons. The van der Waals surface area contributed by atoms with Crippen LogP contribution in [0, 0.1) is 0 Å². The highest BCUT2D eigenvalue weighted by atomic mass is 16.2. The molecule has 0 fully saturated rings. The van der Waals surface area contributed by atoms with E-state index in [-0.39, 0.29) is 5.91 Å². The van der Waals surface area contributed by atoms with Gasteiger partial charge in [-0.1, -0.05) is 6.07 Å². The molecule has 6 N–H and O–H groups in total. The zero-order chi connectivity index (χ0) is 8.97. The smallest absolute Gasteiger partial charge is 0.265 e. The van der Waals surface area contributed by atoms with E-state index in [1.165, 1.54) is 0 Å². The van der Waals surface area contributed by atoms with Gasteiger partial charge in [0.15, 0.2) is 0 Å².